The molecule has 37 heavy (non-hydrogen) atoms. The molecule has 1 aliphatic rings. The fourth-order valence-electron chi connectivity index (χ4n) is 4.89. The molecule has 2 aromatic carbocycles. The lowest BCUT2D eigenvalue weighted by atomic mass is 9.70. The van der Waals surface area contributed by atoms with Gasteiger partial charge in [0.25, 0.3) is 0 Å². The number of hydrogen-bond acceptors (Lipinski definition) is 5. The molecule has 0 saturated carbocycles. The molecule has 1 fully saturated rings. The minimum atomic E-state index is -4.55. The van der Waals surface area contributed by atoms with E-state index in [-0.39, 0.29) is 17.0 Å². The van der Waals surface area contributed by atoms with Crippen LogP contribution in [0.2, 0.25) is 0 Å². The fraction of sp³-hybridized carbons (Fsp3) is 0.321. The van der Waals surface area contributed by atoms with Gasteiger partial charge >= 0.3 is 6.18 Å². The number of para-hydroxylation sites is 1. The molecular weight excluding hydrogens is 486 g/mol. The highest BCUT2D eigenvalue weighted by molar-refractivity contribution is 5.88. The van der Waals surface area contributed by atoms with Gasteiger partial charge in [0.15, 0.2) is 0 Å². The van der Waals surface area contributed by atoms with Crippen molar-refractivity contribution in [1.82, 2.24) is 4.98 Å². The van der Waals surface area contributed by atoms with E-state index < -0.39 is 23.0 Å². The minimum Gasteiger partial charge on any atom is -0.493 e. The van der Waals surface area contributed by atoms with Crippen LogP contribution in [0.3, 0.4) is 0 Å². The number of aromatic nitrogens is 1. The maximum Gasteiger partial charge on any atom is 0.416 e. The number of carbonyl (C=O) groups excluding carboxylic acids is 1. The van der Waals surface area contributed by atoms with Gasteiger partial charge in [0.1, 0.15) is 29.1 Å². The Labute approximate surface area is 212 Å². The molecule has 0 radical (unpaired) electrons. The van der Waals surface area contributed by atoms with E-state index in [4.69, 9.17) is 4.74 Å². The van der Waals surface area contributed by atoms with E-state index in [0.717, 1.165) is 12.1 Å². The highest BCUT2D eigenvalue weighted by Gasteiger charge is 2.42. The summed E-state index contributed by atoms with van der Waals surface area (Å²) in [5.74, 6) is -0.227. The van der Waals surface area contributed by atoms with E-state index in [1.165, 1.54) is 25.3 Å². The number of rotatable bonds is 6. The molecule has 3 aromatic rings. The first-order valence-corrected chi connectivity index (χ1v) is 11.9. The Hall–Kier alpha value is -3.93. The molecule has 1 saturated heterocycles. The average molecular weight is 512 g/mol. The lowest BCUT2D eigenvalue weighted by Gasteiger charge is -2.41. The van der Waals surface area contributed by atoms with Crippen molar-refractivity contribution < 1.29 is 27.1 Å². The first kappa shape index (κ1) is 26.1. The number of piperidine rings is 1. The van der Waals surface area contributed by atoms with Crippen molar-refractivity contribution in [2.75, 3.05) is 24.6 Å². The number of nitrogens with zero attached hydrogens (tertiary/aromatic N) is 3. The monoisotopic (exact) mass is 511 g/mol. The molecule has 4 rings (SSSR count). The van der Waals surface area contributed by atoms with Gasteiger partial charge in [-0.2, -0.15) is 18.4 Å². The van der Waals surface area contributed by atoms with E-state index >= 15 is 4.39 Å². The van der Waals surface area contributed by atoms with Gasteiger partial charge in [-0.15, -0.1) is 0 Å². The Kier molecular flexibility index (Phi) is 7.21. The average Bonchev–Trinajstić information content (AvgIpc) is 2.88. The third-order valence-corrected chi connectivity index (χ3v) is 6.91. The first-order chi connectivity index (χ1) is 17.6. The zero-order valence-corrected chi connectivity index (χ0v) is 20.4. The van der Waals surface area contributed by atoms with Gasteiger partial charge in [-0.3, -0.25) is 9.78 Å². The third-order valence-electron chi connectivity index (χ3n) is 6.91. The Bertz CT molecular complexity index is 1360. The van der Waals surface area contributed by atoms with Crippen LogP contribution in [0.5, 0.6) is 5.75 Å². The van der Waals surface area contributed by atoms with Crippen molar-refractivity contribution in [2.24, 2.45) is 0 Å². The number of Topliss-reactive ketones (excluding diaryl/α,β-unsaturated/α-hetero) is 1. The summed E-state index contributed by atoms with van der Waals surface area (Å²) in [6, 6.07) is 13.2. The number of pyridine rings is 1. The van der Waals surface area contributed by atoms with E-state index in [1.807, 2.05) is 13.0 Å². The maximum absolute atomic E-state index is 15.4. The molecular formula is C28H25F4N3O2. The molecule has 1 aromatic heterocycles. The van der Waals surface area contributed by atoms with Gasteiger partial charge in [0, 0.05) is 24.8 Å². The van der Waals surface area contributed by atoms with Crippen LogP contribution in [-0.4, -0.2) is 30.5 Å². The maximum atomic E-state index is 15.4. The van der Waals surface area contributed by atoms with Crippen LogP contribution in [0.1, 0.15) is 43.4 Å². The fourth-order valence-corrected chi connectivity index (χ4v) is 4.89. The summed E-state index contributed by atoms with van der Waals surface area (Å²) in [6.45, 7) is 4.29. The van der Waals surface area contributed by atoms with Gasteiger partial charge < -0.3 is 9.64 Å². The summed E-state index contributed by atoms with van der Waals surface area (Å²) in [5, 5.41) is 9.45. The van der Waals surface area contributed by atoms with Crippen LogP contribution in [0.25, 0.3) is 11.3 Å². The lowest BCUT2D eigenvalue weighted by molar-refractivity contribution is -0.137. The van der Waals surface area contributed by atoms with Gasteiger partial charge in [-0.05, 0) is 68.7 Å². The molecule has 0 amide bonds. The van der Waals surface area contributed by atoms with Crippen molar-refractivity contribution in [2.45, 2.75) is 38.3 Å². The summed E-state index contributed by atoms with van der Waals surface area (Å²) in [7, 11) is 0. The smallest absolute Gasteiger partial charge is 0.416 e. The summed E-state index contributed by atoms with van der Waals surface area (Å²) < 4.78 is 60.2. The standard InChI is InChI=1S/C28H25F4N3O2/c1-3-37-25-7-5-4-6-22(25)26-23(29)15-21(17-34-26)27(18(2)36)10-12-35(13-11-27)24-9-8-20(28(30,31)32)14-19(24)16-33/h4-9,14-15,17H,3,10-13H2,1-2H3. The molecule has 0 spiro atoms. The van der Waals surface area contributed by atoms with Crippen molar-refractivity contribution in [3.05, 3.63) is 77.2 Å². The summed E-state index contributed by atoms with van der Waals surface area (Å²) in [5.41, 5.74) is -0.534. The Morgan fingerprint density at radius 3 is 2.46 bits per heavy atom. The van der Waals surface area contributed by atoms with Crippen LogP contribution in [0.15, 0.2) is 54.7 Å². The Balaban J connectivity index is 1.62. The summed E-state index contributed by atoms with van der Waals surface area (Å²) in [4.78, 5) is 19.0. The van der Waals surface area contributed by atoms with E-state index in [1.54, 1.807) is 29.2 Å². The molecule has 9 heteroatoms. The largest absolute Gasteiger partial charge is 0.493 e. The molecule has 0 aliphatic carbocycles. The number of ether oxygens (including phenoxy) is 1. The van der Waals surface area contributed by atoms with Crippen LogP contribution in [0.4, 0.5) is 23.2 Å². The van der Waals surface area contributed by atoms with Gasteiger partial charge in [0.05, 0.1) is 28.8 Å². The molecule has 1 aliphatic heterocycles. The zero-order chi connectivity index (χ0) is 26.8. The highest BCUT2D eigenvalue weighted by atomic mass is 19.4. The normalized spacial score (nSPS) is 15.2. The van der Waals surface area contributed by atoms with Crippen molar-refractivity contribution in [3.8, 4) is 23.1 Å². The molecule has 0 atom stereocenters. The number of alkyl halides is 3. The van der Waals surface area contributed by atoms with E-state index in [2.05, 4.69) is 4.98 Å². The molecule has 0 N–H and O–H groups in total. The number of benzene rings is 2. The van der Waals surface area contributed by atoms with Crippen LogP contribution in [0, 0.1) is 17.1 Å². The minimum absolute atomic E-state index is 0.0878. The Morgan fingerprint density at radius 2 is 1.86 bits per heavy atom. The quantitative estimate of drug-likeness (QED) is 0.363. The molecule has 192 valence electrons. The molecule has 0 bridgehead atoms. The first-order valence-electron chi connectivity index (χ1n) is 11.9. The van der Waals surface area contributed by atoms with Crippen molar-refractivity contribution in [1.29, 1.82) is 5.26 Å². The predicted octanol–water partition coefficient (Wildman–Crippen LogP) is 6.30. The van der Waals surface area contributed by atoms with Crippen LogP contribution in [-0.2, 0) is 16.4 Å². The second-order valence-corrected chi connectivity index (χ2v) is 8.95. The second-order valence-electron chi connectivity index (χ2n) is 8.95. The SMILES string of the molecule is CCOc1ccccc1-c1ncc(C2(C(C)=O)CCN(c3ccc(C(F)(F)F)cc3C#N)CC2)cc1F. The zero-order valence-electron chi connectivity index (χ0n) is 20.4. The number of ketones is 1. The van der Waals surface area contributed by atoms with Crippen LogP contribution >= 0.6 is 0 Å². The lowest BCUT2D eigenvalue weighted by Crippen LogP contribution is -2.47. The third kappa shape index (κ3) is 5.01. The van der Waals surface area contributed by atoms with Crippen LogP contribution < -0.4 is 9.64 Å². The molecule has 5 nitrogen and oxygen atoms in total. The van der Waals surface area contributed by atoms with Crippen molar-refractivity contribution in [3.63, 3.8) is 0 Å². The molecule has 2 heterocycles. The van der Waals surface area contributed by atoms with E-state index in [9.17, 15) is 23.2 Å². The van der Waals surface area contributed by atoms with Crippen molar-refractivity contribution >= 4 is 11.5 Å². The number of anilines is 1. The van der Waals surface area contributed by atoms with Gasteiger partial charge in [0.2, 0.25) is 0 Å². The predicted molar refractivity (Wildman–Crippen MR) is 131 cm³/mol. The summed E-state index contributed by atoms with van der Waals surface area (Å²) in [6.07, 6.45) is -2.45. The molecule has 0 unspecified atom stereocenters. The second kappa shape index (κ2) is 10.2. The summed E-state index contributed by atoms with van der Waals surface area (Å²) >= 11 is 0. The number of nitriles is 1. The number of hydrogen-bond donors (Lipinski definition) is 0. The number of halogens is 4. The van der Waals surface area contributed by atoms with Gasteiger partial charge in [-0.1, -0.05) is 12.1 Å². The van der Waals surface area contributed by atoms with E-state index in [0.29, 0.717) is 55.1 Å². The Morgan fingerprint density at radius 1 is 1.16 bits per heavy atom. The highest BCUT2D eigenvalue weighted by Crippen LogP contribution is 2.41. The number of carbonyl (C=O) groups is 1. The van der Waals surface area contributed by atoms with Gasteiger partial charge in [-0.25, -0.2) is 4.39 Å². The topological polar surface area (TPSA) is 66.2 Å².